The Morgan fingerprint density at radius 2 is 2.23 bits per heavy atom. The minimum atomic E-state index is -0.350. The van der Waals surface area contributed by atoms with Crippen molar-refractivity contribution in [1.82, 2.24) is 19.4 Å². The summed E-state index contributed by atoms with van der Waals surface area (Å²) >= 11 is 1.50. The van der Waals surface area contributed by atoms with Crippen molar-refractivity contribution in [3.8, 4) is 16.2 Å². The number of aromatic nitrogens is 3. The van der Waals surface area contributed by atoms with Gasteiger partial charge >= 0.3 is 0 Å². The molecule has 0 spiro atoms. The molecule has 0 saturated carbocycles. The van der Waals surface area contributed by atoms with E-state index in [-0.39, 0.29) is 17.8 Å². The largest absolute Gasteiger partial charge is 0.495 e. The van der Waals surface area contributed by atoms with Crippen LogP contribution in [0.15, 0.2) is 43.4 Å². The Labute approximate surface area is 181 Å². The first-order valence-electron chi connectivity index (χ1n) is 9.80. The topological polar surface area (TPSA) is 86.3 Å². The van der Waals surface area contributed by atoms with Gasteiger partial charge < -0.3 is 19.9 Å². The zero-order valence-corrected chi connectivity index (χ0v) is 17.7. The van der Waals surface area contributed by atoms with Crippen LogP contribution in [0.25, 0.3) is 31.6 Å². The van der Waals surface area contributed by atoms with Crippen molar-refractivity contribution in [3.63, 3.8) is 0 Å². The molecule has 0 radical (unpaired) electrons. The molecule has 1 aliphatic rings. The van der Waals surface area contributed by atoms with Gasteiger partial charge in [0, 0.05) is 35.8 Å². The number of nitrogen functional groups attached to an aromatic ring is 1. The van der Waals surface area contributed by atoms with Crippen LogP contribution in [0, 0.1) is 5.82 Å². The summed E-state index contributed by atoms with van der Waals surface area (Å²) in [6.45, 7) is 4.81. The van der Waals surface area contributed by atoms with Gasteiger partial charge in [-0.15, -0.1) is 11.3 Å². The molecule has 1 atom stereocenters. The minimum Gasteiger partial charge on any atom is -0.495 e. The van der Waals surface area contributed by atoms with E-state index in [1.54, 1.807) is 4.90 Å². The van der Waals surface area contributed by atoms with Gasteiger partial charge in [-0.05, 0) is 30.0 Å². The monoisotopic (exact) mass is 437 g/mol. The standard InChI is InChI=1S/C22H20FN5O2S/c1-3-18(29)27-5-4-14(9-27)28-10-15(19-21(24)25-11-26-22(19)28)17-7-12-6-13(23)8-16(30-2)20(12)31-17/h3,6-8,10-11,14H,1,4-5,9H2,2H3,(H2,24,25,26)/t14-/m0/s1. The maximum Gasteiger partial charge on any atom is 0.246 e. The fraction of sp³-hybridized carbons (Fsp3) is 0.227. The summed E-state index contributed by atoms with van der Waals surface area (Å²) in [7, 11) is 1.53. The maximum absolute atomic E-state index is 14.0. The molecule has 0 bridgehead atoms. The van der Waals surface area contributed by atoms with Gasteiger partial charge in [0.2, 0.25) is 5.91 Å². The van der Waals surface area contributed by atoms with E-state index in [1.165, 1.54) is 43.0 Å². The Morgan fingerprint density at radius 3 is 3.00 bits per heavy atom. The highest BCUT2D eigenvalue weighted by Crippen LogP contribution is 2.43. The highest BCUT2D eigenvalue weighted by molar-refractivity contribution is 7.22. The molecule has 1 aliphatic heterocycles. The van der Waals surface area contributed by atoms with E-state index in [0.717, 1.165) is 38.0 Å². The summed E-state index contributed by atoms with van der Waals surface area (Å²) < 4.78 is 22.3. The van der Waals surface area contributed by atoms with Crippen molar-refractivity contribution in [2.45, 2.75) is 12.5 Å². The van der Waals surface area contributed by atoms with Gasteiger partial charge in [-0.25, -0.2) is 14.4 Å². The molecule has 1 fully saturated rings. The van der Waals surface area contributed by atoms with Gasteiger partial charge in [-0.3, -0.25) is 4.79 Å². The molecule has 3 aromatic heterocycles. The van der Waals surface area contributed by atoms with Crippen LogP contribution in [0.5, 0.6) is 5.75 Å². The second-order valence-corrected chi connectivity index (χ2v) is 8.53. The van der Waals surface area contributed by atoms with Crippen LogP contribution >= 0.6 is 11.3 Å². The first-order valence-corrected chi connectivity index (χ1v) is 10.6. The number of hydrogen-bond donors (Lipinski definition) is 1. The van der Waals surface area contributed by atoms with Gasteiger partial charge in [0.1, 0.15) is 29.4 Å². The Kier molecular flexibility index (Phi) is 4.62. The highest BCUT2D eigenvalue weighted by Gasteiger charge is 2.29. The number of methoxy groups -OCH3 is 1. The number of carbonyl (C=O) groups is 1. The number of benzene rings is 1. The molecule has 5 rings (SSSR count). The smallest absolute Gasteiger partial charge is 0.246 e. The third kappa shape index (κ3) is 3.12. The molecule has 31 heavy (non-hydrogen) atoms. The fourth-order valence-electron chi connectivity index (χ4n) is 4.24. The van der Waals surface area contributed by atoms with Crippen LogP contribution in [-0.4, -0.2) is 45.5 Å². The van der Waals surface area contributed by atoms with Crippen LogP contribution in [0.2, 0.25) is 0 Å². The van der Waals surface area contributed by atoms with Crippen LogP contribution in [0.3, 0.4) is 0 Å². The van der Waals surface area contributed by atoms with E-state index in [1.807, 2.05) is 12.3 Å². The van der Waals surface area contributed by atoms with Gasteiger partial charge in [-0.2, -0.15) is 0 Å². The predicted molar refractivity (Wildman–Crippen MR) is 120 cm³/mol. The molecule has 4 heterocycles. The van der Waals surface area contributed by atoms with Gasteiger partial charge in [0.15, 0.2) is 0 Å². The van der Waals surface area contributed by atoms with Crippen molar-refractivity contribution in [2.75, 3.05) is 25.9 Å². The van der Waals surface area contributed by atoms with Gasteiger partial charge in [0.05, 0.1) is 23.2 Å². The van der Waals surface area contributed by atoms with Crippen LogP contribution in [-0.2, 0) is 4.79 Å². The van der Waals surface area contributed by atoms with Crippen molar-refractivity contribution in [2.24, 2.45) is 0 Å². The quantitative estimate of drug-likeness (QED) is 0.488. The van der Waals surface area contributed by atoms with Crippen LogP contribution in [0.1, 0.15) is 12.5 Å². The SMILES string of the molecule is C=CC(=O)N1CC[C@H](n2cc(-c3cc4cc(F)cc(OC)c4s3)c3c(N)ncnc32)C1. The van der Waals surface area contributed by atoms with Crippen LogP contribution in [0.4, 0.5) is 10.2 Å². The Bertz CT molecular complexity index is 1340. The number of likely N-dealkylation sites (tertiary alicyclic amines) is 1. The van der Waals surface area contributed by atoms with E-state index >= 15 is 0 Å². The lowest BCUT2D eigenvalue weighted by atomic mass is 10.1. The lowest BCUT2D eigenvalue weighted by Crippen LogP contribution is -2.27. The Balaban J connectivity index is 1.66. The van der Waals surface area contributed by atoms with E-state index in [9.17, 15) is 9.18 Å². The Morgan fingerprint density at radius 1 is 1.39 bits per heavy atom. The lowest BCUT2D eigenvalue weighted by Gasteiger charge is -2.15. The predicted octanol–water partition coefficient (Wildman–Crippen LogP) is 4.00. The van der Waals surface area contributed by atoms with Gasteiger partial charge in [-0.1, -0.05) is 6.58 Å². The summed E-state index contributed by atoms with van der Waals surface area (Å²) in [5.74, 6) is 0.448. The average molecular weight is 438 g/mol. The number of nitrogens with zero attached hydrogens (tertiary/aromatic N) is 4. The molecule has 0 unspecified atom stereocenters. The summed E-state index contributed by atoms with van der Waals surface area (Å²) in [4.78, 5) is 23.4. The summed E-state index contributed by atoms with van der Waals surface area (Å²) in [6.07, 6.45) is 5.60. The third-order valence-corrected chi connectivity index (χ3v) is 6.91. The molecule has 158 valence electrons. The molecular formula is C22H20FN5O2S. The summed E-state index contributed by atoms with van der Waals surface area (Å²) in [5, 5.41) is 1.51. The first-order chi connectivity index (χ1) is 15.0. The molecule has 7 nitrogen and oxygen atoms in total. The van der Waals surface area contributed by atoms with Crippen molar-refractivity contribution >= 4 is 44.2 Å². The Hall–Kier alpha value is -3.46. The second-order valence-electron chi connectivity index (χ2n) is 7.48. The number of hydrogen-bond acceptors (Lipinski definition) is 6. The lowest BCUT2D eigenvalue weighted by molar-refractivity contribution is -0.125. The molecule has 1 saturated heterocycles. The number of ether oxygens (including phenoxy) is 1. The number of carbonyl (C=O) groups excluding carboxylic acids is 1. The number of thiophene rings is 1. The summed E-state index contributed by atoms with van der Waals surface area (Å²) in [5.41, 5.74) is 7.85. The zero-order chi connectivity index (χ0) is 21.7. The third-order valence-electron chi connectivity index (χ3n) is 5.71. The van der Waals surface area contributed by atoms with E-state index < -0.39 is 0 Å². The zero-order valence-electron chi connectivity index (χ0n) is 16.8. The number of nitrogens with two attached hydrogens (primary N) is 1. The van der Waals surface area contributed by atoms with Crippen molar-refractivity contribution < 1.29 is 13.9 Å². The second kappa shape index (κ2) is 7.35. The maximum atomic E-state index is 14.0. The summed E-state index contributed by atoms with van der Waals surface area (Å²) in [6, 6.07) is 4.87. The molecule has 1 aromatic carbocycles. The molecule has 0 aliphatic carbocycles. The normalized spacial score (nSPS) is 16.3. The van der Waals surface area contributed by atoms with Crippen molar-refractivity contribution in [3.05, 3.63) is 49.2 Å². The molecule has 2 N–H and O–H groups in total. The highest BCUT2D eigenvalue weighted by atomic mass is 32.1. The van der Waals surface area contributed by atoms with E-state index in [4.69, 9.17) is 10.5 Å². The van der Waals surface area contributed by atoms with Crippen LogP contribution < -0.4 is 10.5 Å². The molecular weight excluding hydrogens is 417 g/mol. The van der Waals surface area contributed by atoms with E-state index in [0.29, 0.717) is 24.7 Å². The molecule has 9 heteroatoms. The van der Waals surface area contributed by atoms with Crippen molar-refractivity contribution in [1.29, 1.82) is 0 Å². The number of rotatable bonds is 4. The number of fused-ring (bicyclic) bond motifs is 2. The fourth-order valence-corrected chi connectivity index (χ4v) is 5.39. The first kappa shape index (κ1) is 19.5. The average Bonchev–Trinajstić information content (AvgIpc) is 3.48. The molecule has 4 aromatic rings. The van der Waals surface area contributed by atoms with Gasteiger partial charge in [0.25, 0.3) is 0 Å². The van der Waals surface area contributed by atoms with E-state index in [2.05, 4.69) is 21.1 Å². The number of amides is 1. The minimum absolute atomic E-state index is 0.0656. The molecule has 1 amide bonds. The number of anilines is 1. The number of halogens is 1.